The molecular formula is C16H26N2O. The Hall–Kier alpha value is -1.06. The highest BCUT2D eigenvalue weighted by Gasteiger charge is 2.31. The van der Waals surface area contributed by atoms with Crippen LogP contribution < -0.4 is 4.90 Å². The minimum atomic E-state index is 0.257. The van der Waals surface area contributed by atoms with Gasteiger partial charge in [0.05, 0.1) is 0 Å². The van der Waals surface area contributed by atoms with Gasteiger partial charge in [0, 0.05) is 37.5 Å². The van der Waals surface area contributed by atoms with Crippen molar-refractivity contribution in [1.29, 1.82) is 0 Å². The summed E-state index contributed by atoms with van der Waals surface area (Å²) in [7, 11) is 2.17. The van der Waals surface area contributed by atoms with Gasteiger partial charge in [0.25, 0.3) is 0 Å². The quantitative estimate of drug-likeness (QED) is 0.904. The maximum absolute atomic E-state index is 9.33. The molecule has 3 nitrogen and oxygen atoms in total. The fourth-order valence-electron chi connectivity index (χ4n) is 3.23. The van der Waals surface area contributed by atoms with Crippen LogP contribution >= 0.6 is 0 Å². The third kappa shape index (κ3) is 3.10. The van der Waals surface area contributed by atoms with Gasteiger partial charge in [-0.25, -0.2) is 0 Å². The van der Waals surface area contributed by atoms with Gasteiger partial charge in [-0.3, -0.25) is 0 Å². The summed E-state index contributed by atoms with van der Waals surface area (Å²) in [6.07, 6.45) is 0.835. The summed E-state index contributed by atoms with van der Waals surface area (Å²) in [5.74, 6) is 0. The molecule has 19 heavy (non-hydrogen) atoms. The number of aryl methyl sites for hydroxylation is 2. The van der Waals surface area contributed by atoms with E-state index in [-0.39, 0.29) is 6.61 Å². The van der Waals surface area contributed by atoms with E-state index in [1.165, 1.54) is 16.8 Å². The van der Waals surface area contributed by atoms with Crippen LogP contribution in [0.2, 0.25) is 0 Å². The molecule has 1 fully saturated rings. The molecule has 0 bridgehead atoms. The summed E-state index contributed by atoms with van der Waals surface area (Å²) in [6.45, 7) is 8.96. The number of hydrogen-bond donors (Lipinski definition) is 1. The lowest BCUT2D eigenvalue weighted by molar-refractivity contribution is 0.198. The first-order valence-corrected chi connectivity index (χ1v) is 7.18. The van der Waals surface area contributed by atoms with Crippen molar-refractivity contribution < 1.29 is 5.11 Å². The lowest BCUT2D eigenvalue weighted by Gasteiger charge is -2.46. The Kier molecular flexibility index (Phi) is 4.48. The van der Waals surface area contributed by atoms with Crippen LogP contribution in [0.1, 0.15) is 24.5 Å². The van der Waals surface area contributed by atoms with Crippen molar-refractivity contribution >= 4 is 5.69 Å². The first-order chi connectivity index (χ1) is 9.02. The number of piperazine rings is 1. The van der Waals surface area contributed by atoms with Gasteiger partial charge in [0.15, 0.2) is 0 Å². The Morgan fingerprint density at radius 3 is 2.68 bits per heavy atom. The standard InChI is InChI=1S/C16H26N2O/c1-12-5-6-13(2)16(9-12)18-14(3)10-17(4)11-15(18)7-8-19/h5-6,9,14-15,19H,7-8,10-11H2,1-4H3. The molecule has 1 N–H and O–H groups in total. The molecule has 1 saturated heterocycles. The normalized spacial score (nSPS) is 24.8. The number of aliphatic hydroxyl groups excluding tert-OH is 1. The Bertz CT molecular complexity index is 433. The Balaban J connectivity index is 2.34. The number of nitrogens with zero attached hydrogens (tertiary/aromatic N) is 2. The van der Waals surface area contributed by atoms with E-state index >= 15 is 0 Å². The highest BCUT2D eigenvalue weighted by atomic mass is 16.3. The summed E-state index contributed by atoms with van der Waals surface area (Å²) < 4.78 is 0. The van der Waals surface area contributed by atoms with Crippen LogP contribution in [0, 0.1) is 13.8 Å². The van der Waals surface area contributed by atoms with E-state index in [9.17, 15) is 5.11 Å². The molecule has 2 rings (SSSR count). The molecular weight excluding hydrogens is 236 g/mol. The predicted octanol–water partition coefficient (Wildman–Crippen LogP) is 2.19. The fraction of sp³-hybridized carbons (Fsp3) is 0.625. The second kappa shape index (κ2) is 5.93. The molecule has 0 aromatic heterocycles. The van der Waals surface area contributed by atoms with Crippen LogP contribution in [0.25, 0.3) is 0 Å². The zero-order valence-corrected chi connectivity index (χ0v) is 12.6. The Morgan fingerprint density at radius 2 is 2.00 bits per heavy atom. The minimum Gasteiger partial charge on any atom is -0.396 e. The second-order valence-electron chi connectivity index (χ2n) is 5.93. The molecule has 1 aromatic rings. The van der Waals surface area contributed by atoms with Crippen LogP contribution in [0.5, 0.6) is 0 Å². The van der Waals surface area contributed by atoms with E-state index in [2.05, 4.69) is 55.8 Å². The van der Waals surface area contributed by atoms with Gasteiger partial charge in [-0.15, -0.1) is 0 Å². The first kappa shape index (κ1) is 14.4. The van der Waals surface area contributed by atoms with Crippen molar-refractivity contribution in [3.63, 3.8) is 0 Å². The van der Waals surface area contributed by atoms with Crippen molar-refractivity contribution in [3.05, 3.63) is 29.3 Å². The maximum atomic E-state index is 9.33. The van der Waals surface area contributed by atoms with Crippen molar-refractivity contribution in [2.75, 3.05) is 31.6 Å². The summed E-state index contributed by atoms with van der Waals surface area (Å²) >= 11 is 0. The zero-order valence-electron chi connectivity index (χ0n) is 12.6. The molecule has 0 saturated carbocycles. The topological polar surface area (TPSA) is 26.7 Å². The third-order valence-electron chi connectivity index (χ3n) is 4.07. The monoisotopic (exact) mass is 262 g/mol. The van der Waals surface area contributed by atoms with Gasteiger partial charge in [0.2, 0.25) is 0 Å². The molecule has 2 unspecified atom stereocenters. The first-order valence-electron chi connectivity index (χ1n) is 7.18. The molecule has 0 spiro atoms. The molecule has 106 valence electrons. The molecule has 0 radical (unpaired) electrons. The van der Waals surface area contributed by atoms with Crippen molar-refractivity contribution in [1.82, 2.24) is 4.90 Å². The number of hydrogen-bond acceptors (Lipinski definition) is 3. The van der Waals surface area contributed by atoms with Crippen molar-refractivity contribution in [2.45, 2.75) is 39.3 Å². The van der Waals surface area contributed by atoms with Crippen LogP contribution in [-0.2, 0) is 0 Å². The molecule has 0 amide bonds. The third-order valence-corrected chi connectivity index (χ3v) is 4.07. The van der Waals surface area contributed by atoms with Gasteiger partial charge in [-0.2, -0.15) is 0 Å². The average Bonchev–Trinajstić information content (AvgIpc) is 2.33. The smallest absolute Gasteiger partial charge is 0.0451 e. The van der Waals surface area contributed by atoms with Gasteiger partial charge in [0.1, 0.15) is 0 Å². The van der Waals surface area contributed by atoms with Crippen molar-refractivity contribution in [3.8, 4) is 0 Å². The SMILES string of the molecule is Cc1ccc(C)c(N2C(C)CN(C)CC2CCO)c1. The van der Waals surface area contributed by atoms with E-state index in [0.29, 0.717) is 12.1 Å². The fourth-order valence-corrected chi connectivity index (χ4v) is 3.23. The number of benzene rings is 1. The summed E-state index contributed by atoms with van der Waals surface area (Å²) in [4.78, 5) is 4.88. The summed E-state index contributed by atoms with van der Waals surface area (Å²) in [5.41, 5.74) is 3.96. The number of likely N-dealkylation sites (N-methyl/N-ethyl adjacent to an activating group) is 1. The van der Waals surface area contributed by atoms with Crippen molar-refractivity contribution in [2.24, 2.45) is 0 Å². The molecule has 1 aliphatic rings. The zero-order chi connectivity index (χ0) is 14.0. The molecule has 2 atom stereocenters. The molecule has 3 heteroatoms. The van der Waals surface area contributed by atoms with Gasteiger partial charge in [-0.1, -0.05) is 12.1 Å². The van der Waals surface area contributed by atoms with Gasteiger partial charge < -0.3 is 14.9 Å². The van der Waals surface area contributed by atoms with Crippen LogP contribution in [-0.4, -0.2) is 48.8 Å². The number of rotatable bonds is 3. The highest BCUT2D eigenvalue weighted by molar-refractivity contribution is 5.57. The molecule has 0 aliphatic carbocycles. The van der Waals surface area contributed by atoms with E-state index in [1.54, 1.807) is 0 Å². The summed E-state index contributed by atoms with van der Waals surface area (Å²) in [6, 6.07) is 7.53. The van der Waals surface area contributed by atoms with Gasteiger partial charge in [-0.05, 0) is 51.4 Å². The maximum Gasteiger partial charge on any atom is 0.0451 e. The highest BCUT2D eigenvalue weighted by Crippen LogP contribution is 2.29. The van der Waals surface area contributed by atoms with Gasteiger partial charge >= 0.3 is 0 Å². The lowest BCUT2D eigenvalue weighted by atomic mass is 10.0. The molecule has 1 heterocycles. The lowest BCUT2D eigenvalue weighted by Crippen LogP contribution is -2.57. The minimum absolute atomic E-state index is 0.257. The predicted molar refractivity (Wildman–Crippen MR) is 80.8 cm³/mol. The van der Waals surface area contributed by atoms with E-state index < -0.39 is 0 Å². The largest absolute Gasteiger partial charge is 0.396 e. The average molecular weight is 262 g/mol. The number of anilines is 1. The van der Waals surface area contributed by atoms with Crippen LogP contribution in [0.3, 0.4) is 0 Å². The second-order valence-corrected chi connectivity index (χ2v) is 5.93. The Morgan fingerprint density at radius 1 is 1.26 bits per heavy atom. The number of aliphatic hydroxyl groups is 1. The van der Waals surface area contributed by atoms with E-state index in [4.69, 9.17) is 0 Å². The van der Waals surface area contributed by atoms with Crippen LogP contribution in [0.15, 0.2) is 18.2 Å². The summed E-state index contributed by atoms with van der Waals surface area (Å²) in [5, 5.41) is 9.33. The van der Waals surface area contributed by atoms with E-state index in [0.717, 1.165) is 19.5 Å². The Labute approximate surface area is 116 Å². The van der Waals surface area contributed by atoms with Crippen LogP contribution in [0.4, 0.5) is 5.69 Å². The molecule has 1 aliphatic heterocycles. The van der Waals surface area contributed by atoms with E-state index in [1.807, 2.05) is 0 Å². The molecule has 1 aromatic carbocycles.